The number of ether oxygens (including phenoxy) is 1. The van der Waals surface area contributed by atoms with Gasteiger partial charge < -0.3 is 14.9 Å². The van der Waals surface area contributed by atoms with E-state index in [0.29, 0.717) is 5.56 Å². The Hall–Kier alpha value is -2.26. The van der Waals surface area contributed by atoms with E-state index in [4.69, 9.17) is 9.84 Å². The molecule has 0 saturated carbocycles. The summed E-state index contributed by atoms with van der Waals surface area (Å²) < 4.78 is 6.75. The van der Waals surface area contributed by atoms with Crippen molar-refractivity contribution in [3.8, 4) is 11.1 Å². The summed E-state index contributed by atoms with van der Waals surface area (Å²) in [4.78, 5) is 16.0. The smallest absolute Gasteiger partial charge is 0.351 e. The first-order valence-corrected chi connectivity index (χ1v) is 7.17. The van der Waals surface area contributed by atoms with Crippen LogP contribution in [0.5, 0.6) is 0 Å². The fourth-order valence-corrected chi connectivity index (χ4v) is 2.64. The Morgan fingerprint density at radius 2 is 2.09 bits per heavy atom. The summed E-state index contributed by atoms with van der Waals surface area (Å²) in [5.41, 5.74) is 2.56. The highest BCUT2D eigenvalue weighted by molar-refractivity contribution is 5.73. The van der Waals surface area contributed by atoms with Gasteiger partial charge in [0, 0.05) is 18.2 Å². The Bertz CT molecular complexity index is 734. The molecule has 122 valence electrons. The van der Waals surface area contributed by atoms with Crippen LogP contribution in [0.25, 0.3) is 11.1 Å². The Morgan fingerprint density at radius 1 is 1.35 bits per heavy atom. The van der Waals surface area contributed by atoms with E-state index in [1.807, 2.05) is 35.8 Å². The predicted octanol–water partition coefficient (Wildman–Crippen LogP) is 0.352. The van der Waals surface area contributed by atoms with Crippen LogP contribution in [0.1, 0.15) is 12.6 Å². The number of anilines is 1. The molecular formula is C15H17N3O5. The quantitative estimate of drug-likeness (QED) is 0.601. The number of hydrogen-bond donors (Lipinski definition) is 4. The maximum atomic E-state index is 12.1. The number of benzene rings is 1. The van der Waals surface area contributed by atoms with Crippen molar-refractivity contribution in [1.82, 2.24) is 9.55 Å². The molecule has 0 radical (unpaired) electrons. The predicted molar refractivity (Wildman–Crippen MR) is 81.0 cm³/mol. The Labute approximate surface area is 131 Å². The fraction of sp³-hybridized carbons (Fsp3) is 0.333. The summed E-state index contributed by atoms with van der Waals surface area (Å²) in [7, 11) is 0. The Balaban J connectivity index is 2.04. The van der Waals surface area contributed by atoms with Gasteiger partial charge in [0.15, 0.2) is 5.82 Å². The van der Waals surface area contributed by atoms with Crippen molar-refractivity contribution in [2.45, 2.75) is 24.9 Å². The molecule has 1 aromatic carbocycles. The number of aromatic nitrogens is 2. The minimum Gasteiger partial charge on any atom is -0.394 e. The lowest BCUT2D eigenvalue weighted by atomic mass is 10.1. The van der Waals surface area contributed by atoms with E-state index in [1.54, 1.807) is 0 Å². The second-order valence-corrected chi connectivity index (χ2v) is 5.29. The van der Waals surface area contributed by atoms with E-state index in [9.17, 15) is 15.1 Å². The number of rotatable bonds is 4. The lowest BCUT2D eigenvalue weighted by Crippen LogP contribution is -2.28. The third-order valence-electron chi connectivity index (χ3n) is 3.84. The van der Waals surface area contributed by atoms with Crippen LogP contribution in [-0.2, 0) is 4.74 Å². The van der Waals surface area contributed by atoms with Gasteiger partial charge in [-0.25, -0.2) is 4.79 Å². The number of aliphatic hydroxyl groups is 2. The molecule has 23 heavy (non-hydrogen) atoms. The molecule has 8 heteroatoms. The lowest BCUT2D eigenvalue weighted by Gasteiger charge is -2.17. The molecule has 3 atom stereocenters. The highest BCUT2D eigenvalue weighted by Gasteiger charge is 2.35. The zero-order chi connectivity index (χ0) is 16.4. The topological polar surface area (TPSA) is 117 Å². The van der Waals surface area contributed by atoms with Crippen LogP contribution in [0.15, 0.2) is 41.3 Å². The van der Waals surface area contributed by atoms with Gasteiger partial charge in [0.2, 0.25) is 0 Å². The molecular weight excluding hydrogens is 302 g/mol. The molecule has 1 aromatic heterocycles. The summed E-state index contributed by atoms with van der Waals surface area (Å²) in [6, 6.07) is 9.12. The van der Waals surface area contributed by atoms with Crippen LogP contribution in [0, 0.1) is 0 Å². The zero-order valence-electron chi connectivity index (χ0n) is 12.2. The average molecular weight is 319 g/mol. The number of aliphatic hydroxyl groups excluding tert-OH is 2. The number of hydrogen-bond acceptors (Lipinski definition) is 7. The molecule has 3 rings (SSSR count). The highest BCUT2D eigenvalue weighted by atomic mass is 16.5. The minimum atomic E-state index is -0.854. The SMILES string of the molecule is O=c1nc(NO)c(-c2ccccc2)cn1[C@H]1C[C@H](O)[C@@H](CO)O1. The van der Waals surface area contributed by atoms with Gasteiger partial charge in [-0.2, -0.15) is 4.98 Å². The van der Waals surface area contributed by atoms with Gasteiger partial charge in [-0.3, -0.25) is 15.3 Å². The van der Waals surface area contributed by atoms with Crippen molar-refractivity contribution in [2.24, 2.45) is 0 Å². The average Bonchev–Trinajstić information content (AvgIpc) is 2.96. The highest BCUT2D eigenvalue weighted by Crippen LogP contribution is 2.30. The van der Waals surface area contributed by atoms with Crippen molar-refractivity contribution in [2.75, 3.05) is 12.1 Å². The molecule has 1 fully saturated rings. The second kappa shape index (κ2) is 6.47. The standard InChI is InChI=1S/C15H17N3O5/c19-8-12-11(20)6-13(23-12)18-7-10(9-4-2-1-3-5-9)14(17-22)16-15(18)21/h1-5,7,11-13,19-20,22H,6,8H2,(H,16,17,21)/t11-,12+,13+/m0/s1. The third-order valence-corrected chi connectivity index (χ3v) is 3.84. The minimum absolute atomic E-state index is 0.0368. The van der Waals surface area contributed by atoms with Crippen LogP contribution in [0.3, 0.4) is 0 Å². The molecule has 8 nitrogen and oxygen atoms in total. The summed E-state index contributed by atoms with van der Waals surface area (Å²) in [6.45, 7) is -0.332. The first-order chi connectivity index (χ1) is 11.1. The molecule has 1 aliphatic heterocycles. The molecule has 0 spiro atoms. The van der Waals surface area contributed by atoms with E-state index in [2.05, 4.69) is 4.98 Å². The summed E-state index contributed by atoms with van der Waals surface area (Å²) in [5.74, 6) is 0.0368. The van der Waals surface area contributed by atoms with Gasteiger partial charge in [0.1, 0.15) is 12.3 Å². The van der Waals surface area contributed by atoms with Crippen molar-refractivity contribution >= 4 is 5.82 Å². The molecule has 1 aliphatic rings. The van der Waals surface area contributed by atoms with Crippen LogP contribution in [0.4, 0.5) is 5.82 Å². The first kappa shape index (κ1) is 15.6. The van der Waals surface area contributed by atoms with Gasteiger partial charge in [0.25, 0.3) is 0 Å². The van der Waals surface area contributed by atoms with E-state index in [-0.39, 0.29) is 18.8 Å². The maximum Gasteiger partial charge on any atom is 0.351 e. The van der Waals surface area contributed by atoms with E-state index in [0.717, 1.165) is 5.56 Å². The number of nitrogens with zero attached hydrogens (tertiary/aromatic N) is 2. The van der Waals surface area contributed by atoms with Crippen LogP contribution >= 0.6 is 0 Å². The van der Waals surface area contributed by atoms with Crippen molar-refractivity contribution < 1.29 is 20.2 Å². The second-order valence-electron chi connectivity index (χ2n) is 5.29. The molecule has 0 amide bonds. The molecule has 0 aliphatic carbocycles. The van der Waals surface area contributed by atoms with Crippen LogP contribution in [-0.4, -0.2) is 43.8 Å². The molecule has 0 unspecified atom stereocenters. The van der Waals surface area contributed by atoms with Gasteiger partial charge >= 0.3 is 5.69 Å². The van der Waals surface area contributed by atoms with Gasteiger partial charge in [0.05, 0.1) is 12.7 Å². The van der Waals surface area contributed by atoms with Crippen LogP contribution < -0.4 is 11.2 Å². The monoisotopic (exact) mass is 319 g/mol. The normalized spacial score (nSPS) is 23.9. The van der Waals surface area contributed by atoms with Crippen molar-refractivity contribution in [3.05, 3.63) is 47.0 Å². The fourth-order valence-electron chi connectivity index (χ4n) is 2.64. The van der Waals surface area contributed by atoms with Crippen molar-refractivity contribution in [1.29, 1.82) is 0 Å². The van der Waals surface area contributed by atoms with Gasteiger partial charge in [-0.15, -0.1) is 0 Å². The van der Waals surface area contributed by atoms with E-state index >= 15 is 0 Å². The summed E-state index contributed by atoms with van der Waals surface area (Å²) in [5, 5.41) is 28.2. The van der Waals surface area contributed by atoms with Crippen molar-refractivity contribution in [3.63, 3.8) is 0 Å². The van der Waals surface area contributed by atoms with E-state index in [1.165, 1.54) is 10.8 Å². The molecule has 2 heterocycles. The zero-order valence-corrected chi connectivity index (χ0v) is 12.2. The van der Waals surface area contributed by atoms with Gasteiger partial charge in [-0.05, 0) is 5.56 Å². The Morgan fingerprint density at radius 3 is 2.70 bits per heavy atom. The summed E-state index contributed by atoms with van der Waals surface area (Å²) >= 11 is 0. The molecule has 4 N–H and O–H groups in total. The van der Waals surface area contributed by atoms with E-state index < -0.39 is 24.1 Å². The first-order valence-electron chi connectivity index (χ1n) is 7.17. The van der Waals surface area contributed by atoms with Crippen LogP contribution in [0.2, 0.25) is 0 Å². The largest absolute Gasteiger partial charge is 0.394 e. The van der Waals surface area contributed by atoms with Gasteiger partial charge in [-0.1, -0.05) is 30.3 Å². The molecule has 0 bridgehead atoms. The Kier molecular flexibility index (Phi) is 4.39. The lowest BCUT2D eigenvalue weighted by molar-refractivity contribution is -0.0458. The molecule has 2 aromatic rings. The number of nitrogens with one attached hydrogen (secondary N) is 1. The molecule has 1 saturated heterocycles. The summed E-state index contributed by atoms with van der Waals surface area (Å²) in [6.07, 6.45) is -0.624. The third kappa shape index (κ3) is 2.97. The maximum absolute atomic E-state index is 12.1.